The number of fused-ring (bicyclic) bond motifs is 1. The summed E-state index contributed by atoms with van der Waals surface area (Å²) in [6.07, 6.45) is 0.803. The molecule has 3 aromatic rings. The molecule has 6 nitrogen and oxygen atoms in total. The Hall–Kier alpha value is -3.61. The maximum absolute atomic E-state index is 13.2. The lowest BCUT2D eigenvalue weighted by molar-refractivity contribution is -0.120. The van der Waals surface area contributed by atoms with E-state index >= 15 is 0 Å². The van der Waals surface area contributed by atoms with E-state index in [1.54, 1.807) is 49.4 Å². The molecule has 2 aliphatic rings. The molecule has 35 heavy (non-hydrogen) atoms. The molecule has 176 valence electrons. The second-order valence-corrected chi connectivity index (χ2v) is 9.33. The number of benzene rings is 3. The van der Waals surface area contributed by atoms with Gasteiger partial charge in [0.1, 0.15) is 10.7 Å². The SMILES string of the molecule is Cc1ccc(Cl)cc1N1C(=O)C(Cl)=C(Nc2cccc(C(=O)N3CCc4ccccc4C3)c2)C1=O. The van der Waals surface area contributed by atoms with Gasteiger partial charge >= 0.3 is 0 Å². The van der Waals surface area contributed by atoms with Gasteiger partial charge in [-0.15, -0.1) is 0 Å². The fraction of sp³-hybridized carbons (Fsp3) is 0.148. The van der Waals surface area contributed by atoms with E-state index in [0.29, 0.717) is 40.6 Å². The fourth-order valence-electron chi connectivity index (χ4n) is 4.38. The third kappa shape index (κ3) is 4.31. The van der Waals surface area contributed by atoms with Gasteiger partial charge in [-0.05, 0) is 60.4 Å². The van der Waals surface area contributed by atoms with Crippen LogP contribution < -0.4 is 10.2 Å². The van der Waals surface area contributed by atoms with E-state index in [1.165, 1.54) is 5.56 Å². The van der Waals surface area contributed by atoms with Crippen LogP contribution in [-0.2, 0) is 22.6 Å². The molecule has 8 heteroatoms. The van der Waals surface area contributed by atoms with E-state index in [1.807, 2.05) is 23.1 Å². The first-order chi connectivity index (χ1) is 16.8. The van der Waals surface area contributed by atoms with Gasteiger partial charge in [-0.1, -0.05) is 59.6 Å². The van der Waals surface area contributed by atoms with Gasteiger partial charge in [-0.25, -0.2) is 4.90 Å². The number of nitrogens with one attached hydrogen (secondary N) is 1. The average Bonchev–Trinajstić information content (AvgIpc) is 3.08. The minimum Gasteiger partial charge on any atom is -0.350 e. The molecule has 2 aliphatic heterocycles. The molecule has 0 saturated carbocycles. The lowest BCUT2D eigenvalue weighted by atomic mass is 9.99. The summed E-state index contributed by atoms with van der Waals surface area (Å²) < 4.78 is 0. The highest BCUT2D eigenvalue weighted by Gasteiger charge is 2.39. The molecule has 3 amide bonds. The van der Waals surface area contributed by atoms with Gasteiger partial charge < -0.3 is 10.2 Å². The normalized spacial score (nSPS) is 15.5. The first-order valence-corrected chi connectivity index (χ1v) is 11.9. The maximum atomic E-state index is 13.2. The molecule has 0 radical (unpaired) electrons. The van der Waals surface area contributed by atoms with Crippen LogP contribution in [0.25, 0.3) is 0 Å². The molecule has 3 aromatic carbocycles. The van der Waals surface area contributed by atoms with Crippen LogP contribution in [0.5, 0.6) is 0 Å². The minimum atomic E-state index is -0.635. The summed E-state index contributed by atoms with van der Waals surface area (Å²) in [5, 5.41) is 3.13. The summed E-state index contributed by atoms with van der Waals surface area (Å²) in [5.74, 6) is -1.33. The zero-order chi connectivity index (χ0) is 24.7. The molecule has 0 aliphatic carbocycles. The lowest BCUT2D eigenvalue weighted by Gasteiger charge is -2.29. The van der Waals surface area contributed by atoms with Crippen LogP contribution in [0.2, 0.25) is 5.02 Å². The van der Waals surface area contributed by atoms with Crippen molar-refractivity contribution in [2.75, 3.05) is 16.8 Å². The van der Waals surface area contributed by atoms with E-state index in [9.17, 15) is 14.4 Å². The zero-order valence-corrected chi connectivity index (χ0v) is 20.4. The standard InChI is InChI=1S/C27H21Cl2N3O3/c1-16-9-10-20(28)14-22(16)32-26(34)23(29)24(27(32)35)30-21-8-4-7-18(13-21)25(33)31-12-11-17-5-2-3-6-19(17)15-31/h2-10,13-14,30H,11-12,15H2,1H3. The number of anilines is 2. The first-order valence-electron chi connectivity index (χ1n) is 11.1. The van der Waals surface area contributed by atoms with Crippen molar-refractivity contribution < 1.29 is 14.4 Å². The molecule has 0 atom stereocenters. The largest absolute Gasteiger partial charge is 0.350 e. The van der Waals surface area contributed by atoms with Gasteiger partial charge in [0.15, 0.2) is 0 Å². The Balaban J connectivity index is 1.37. The number of carbonyl (C=O) groups is 3. The monoisotopic (exact) mass is 505 g/mol. The minimum absolute atomic E-state index is 0.0486. The Bertz CT molecular complexity index is 1420. The molecule has 0 saturated heterocycles. The highest BCUT2D eigenvalue weighted by Crippen LogP contribution is 2.33. The van der Waals surface area contributed by atoms with Gasteiger partial charge in [0.25, 0.3) is 17.7 Å². The van der Waals surface area contributed by atoms with Crippen molar-refractivity contribution in [2.24, 2.45) is 0 Å². The molecular formula is C27H21Cl2N3O3. The van der Waals surface area contributed by atoms with Crippen LogP contribution in [0.15, 0.2) is 77.5 Å². The average molecular weight is 506 g/mol. The van der Waals surface area contributed by atoms with Gasteiger partial charge in [0, 0.05) is 29.4 Å². The Labute approximate surface area is 212 Å². The summed E-state index contributed by atoms with van der Waals surface area (Å²) >= 11 is 12.4. The molecule has 0 unspecified atom stereocenters. The maximum Gasteiger partial charge on any atom is 0.283 e. The highest BCUT2D eigenvalue weighted by molar-refractivity contribution is 6.53. The van der Waals surface area contributed by atoms with Crippen molar-refractivity contribution in [3.63, 3.8) is 0 Å². The topological polar surface area (TPSA) is 69.7 Å². The third-order valence-corrected chi connectivity index (χ3v) is 6.82. The number of halogens is 2. The van der Waals surface area contributed by atoms with Crippen LogP contribution in [0.4, 0.5) is 11.4 Å². The number of aryl methyl sites for hydroxylation is 1. The van der Waals surface area contributed by atoms with E-state index in [2.05, 4.69) is 11.4 Å². The number of rotatable bonds is 4. The number of amides is 3. The van der Waals surface area contributed by atoms with Crippen LogP contribution in [0.3, 0.4) is 0 Å². The van der Waals surface area contributed by atoms with Crippen LogP contribution in [0, 0.1) is 6.92 Å². The molecule has 0 aromatic heterocycles. The van der Waals surface area contributed by atoms with E-state index in [-0.39, 0.29) is 16.6 Å². The molecular weight excluding hydrogens is 485 g/mol. The van der Waals surface area contributed by atoms with Crippen molar-refractivity contribution in [3.8, 4) is 0 Å². The van der Waals surface area contributed by atoms with Crippen molar-refractivity contribution in [1.82, 2.24) is 4.90 Å². The Morgan fingerprint density at radius 3 is 2.49 bits per heavy atom. The smallest absolute Gasteiger partial charge is 0.283 e. The summed E-state index contributed by atoms with van der Waals surface area (Å²) in [4.78, 5) is 42.0. The lowest BCUT2D eigenvalue weighted by Crippen LogP contribution is -2.36. The highest BCUT2D eigenvalue weighted by atomic mass is 35.5. The Morgan fingerprint density at radius 1 is 0.914 bits per heavy atom. The third-order valence-electron chi connectivity index (χ3n) is 6.24. The van der Waals surface area contributed by atoms with Crippen LogP contribution in [0.1, 0.15) is 27.0 Å². The van der Waals surface area contributed by atoms with Gasteiger partial charge in [-0.2, -0.15) is 0 Å². The van der Waals surface area contributed by atoms with Gasteiger partial charge in [0.05, 0.1) is 5.69 Å². The van der Waals surface area contributed by atoms with Crippen molar-refractivity contribution in [1.29, 1.82) is 0 Å². The molecule has 5 rings (SSSR count). The summed E-state index contributed by atoms with van der Waals surface area (Å²) in [7, 11) is 0. The number of hydrogen-bond acceptors (Lipinski definition) is 4. The van der Waals surface area contributed by atoms with Crippen molar-refractivity contribution in [3.05, 3.63) is 105 Å². The molecule has 0 fully saturated rings. The summed E-state index contributed by atoms with van der Waals surface area (Å²) in [5.41, 5.74) is 4.39. The molecule has 2 heterocycles. The number of imide groups is 1. The van der Waals surface area contributed by atoms with Gasteiger partial charge in [0.2, 0.25) is 0 Å². The van der Waals surface area contributed by atoms with Crippen molar-refractivity contribution in [2.45, 2.75) is 19.9 Å². The Morgan fingerprint density at radius 2 is 1.69 bits per heavy atom. The second kappa shape index (κ2) is 9.21. The second-order valence-electron chi connectivity index (χ2n) is 8.52. The number of hydrogen-bond donors (Lipinski definition) is 1. The zero-order valence-electron chi connectivity index (χ0n) is 18.8. The predicted octanol–water partition coefficient (Wildman–Crippen LogP) is 5.28. The van der Waals surface area contributed by atoms with E-state index in [4.69, 9.17) is 23.2 Å². The fourth-order valence-corrected chi connectivity index (χ4v) is 4.76. The van der Waals surface area contributed by atoms with E-state index < -0.39 is 11.8 Å². The summed E-state index contributed by atoms with van der Waals surface area (Å²) in [6.45, 7) is 2.95. The molecule has 0 bridgehead atoms. The Kier molecular flexibility index (Phi) is 6.09. The quantitative estimate of drug-likeness (QED) is 0.489. The van der Waals surface area contributed by atoms with Gasteiger partial charge in [-0.3, -0.25) is 14.4 Å². The molecule has 1 N–H and O–H groups in total. The summed E-state index contributed by atoms with van der Waals surface area (Å²) in [6, 6.07) is 19.9. The first kappa shape index (κ1) is 23.1. The van der Waals surface area contributed by atoms with E-state index in [0.717, 1.165) is 16.9 Å². The number of carbonyl (C=O) groups excluding carboxylic acids is 3. The molecule has 0 spiro atoms. The predicted molar refractivity (Wildman–Crippen MR) is 137 cm³/mol. The van der Waals surface area contributed by atoms with Crippen molar-refractivity contribution >= 4 is 52.3 Å². The van der Waals surface area contributed by atoms with Crippen LogP contribution >= 0.6 is 23.2 Å². The number of nitrogens with zero attached hydrogens (tertiary/aromatic N) is 2. The van der Waals surface area contributed by atoms with Crippen LogP contribution in [-0.4, -0.2) is 29.2 Å².